The molecule has 4 fully saturated rings. The first-order valence-corrected chi connectivity index (χ1v) is 10.4. The second-order valence-electron chi connectivity index (χ2n) is 9.23. The van der Waals surface area contributed by atoms with E-state index < -0.39 is 29.3 Å². The maximum atomic E-state index is 13.6. The minimum Gasteiger partial charge on any atom is -0.373 e. The van der Waals surface area contributed by atoms with Crippen LogP contribution >= 0.6 is 12.4 Å². The molecule has 0 spiro atoms. The van der Waals surface area contributed by atoms with E-state index in [1.54, 1.807) is 13.2 Å². The lowest BCUT2D eigenvalue weighted by Gasteiger charge is -2.56. The number of rotatable bonds is 4. The van der Waals surface area contributed by atoms with E-state index in [4.69, 9.17) is 10.5 Å². The summed E-state index contributed by atoms with van der Waals surface area (Å²) in [6.45, 7) is 1.75. The molecule has 1 aromatic rings. The molecule has 1 amide bonds. The molecule has 6 atom stereocenters. The maximum Gasteiger partial charge on any atom is 0.254 e. The van der Waals surface area contributed by atoms with Crippen molar-refractivity contribution in [3.8, 4) is 0 Å². The second-order valence-corrected chi connectivity index (χ2v) is 9.23. The number of likely N-dealkylation sites (tertiary alicyclic amines) is 1. The Morgan fingerprint density at radius 1 is 1.17 bits per heavy atom. The topological polar surface area (TPSA) is 55.6 Å². The first-order chi connectivity index (χ1) is 13.4. The predicted molar refractivity (Wildman–Crippen MR) is 108 cm³/mol. The van der Waals surface area contributed by atoms with Gasteiger partial charge in [0.05, 0.1) is 0 Å². The maximum absolute atomic E-state index is 13.6. The number of primary amides is 1. The van der Waals surface area contributed by atoms with Crippen LogP contribution in [0.15, 0.2) is 24.3 Å². The van der Waals surface area contributed by atoms with Gasteiger partial charge in [-0.1, -0.05) is 18.6 Å². The number of halogens is 3. The van der Waals surface area contributed by atoms with Crippen LogP contribution in [0.5, 0.6) is 0 Å². The molecule has 1 aromatic carbocycles. The van der Waals surface area contributed by atoms with Crippen LogP contribution in [0.3, 0.4) is 0 Å². The predicted octanol–water partition coefficient (Wildman–Crippen LogP) is 3.82. The summed E-state index contributed by atoms with van der Waals surface area (Å²) in [7, 11) is 1.77. The fraction of sp³-hybridized carbons (Fsp3) is 0.682. The third kappa shape index (κ3) is 3.02. The molecular formula is C22H29ClF2N2O2. The van der Waals surface area contributed by atoms with Gasteiger partial charge in [0.15, 0.2) is 0 Å². The van der Waals surface area contributed by atoms with E-state index in [2.05, 4.69) is 4.90 Å². The van der Waals surface area contributed by atoms with Gasteiger partial charge in [0, 0.05) is 55.5 Å². The van der Waals surface area contributed by atoms with Gasteiger partial charge in [-0.25, -0.2) is 8.78 Å². The van der Waals surface area contributed by atoms with Crippen molar-refractivity contribution in [3.63, 3.8) is 0 Å². The zero-order valence-corrected chi connectivity index (χ0v) is 17.5. The van der Waals surface area contributed by atoms with Crippen molar-refractivity contribution >= 4 is 18.3 Å². The number of benzene rings is 1. The van der Waals surface area contributed by atoms with Crippen LogP contribution in [0.1, 0.15) is 48.0 Å². The lowest BCUT2D eigenvalue weighted by molar-refractivity contribution is -0.175. The zero-order valence-electron chi connectivity index (χ0n) is 16.7. The second kappa shape index (κ2) is 7.17. The van der Waals surface area contributed by atoms with E-state index >= 15 is 0 Å². The van der Waals surface area contributed by atoms with Crippen LogP contribution in [0, 0.1) is 23.7 Å². The summed E-state index contributed by atoms with van der Waals surface area (Å²) in [5, 5.41) is 0. The summed E-state index contributed by atoms with van der Waals surface area (Å²) >= 11 is 0. The molecule has 4 nitrogen and oxygen atoms in total. The number of carbonyl (C=O) groups excluding carboxylic acids is 1. The molecule has 2 N–H and O–H groups in total. The van der Waals surface area contributed by atoms with Gasteiger partial charge in [-0.3, -0.25) is 9.69 Å². The number of ether oxygens (including phenoxy) is 1. The van der Waals surface area contributed by atoms with E-state index in [0.717, 1.165) is 37.9 Å². The fourth-order valence-electron chi connectivity index (χ4n) is 6.69. The molecule has 4 aliphatic rings. The van der Waals surface area contributed by atoms with Crippen molar-refractivity contribution in [1.29, 1.82) is 0 Å². The standard InChI is InChI=1S/C22H28F2N2O2.ClH/c1-28-21(14-5-2-4-13(8-14)20(25)27)15-6-3-7-16(21)12-26(11-15)17-9-18-19(10-17)22(18,23)24;/h2,4-5,8,15-19H,3,6-7,9-12H2,1H3,(H2,25,27);1H/t15-,16+,17-,18+,19-,21?;. The van der Waals surface area contributed by atoms with Crippen LogP contribution in [-0.2, 0) is 10.3 Å². The number of piperidine rings is 1. The summed E-state index contributed by atoms with van der Waals surface area (Å²) in [5.41, 5.74) is 6.62. The van der Waals surface area contributed by atoms with Crippen molar-refractivity contribution in [2.24, 2.45) is 29.4 Å². The molecule has 160 valence electrons. The highest BCUT2D eigenvalue weighted by Crippen LogP contribution is 2.65. The van der Waals surface area contributed by atoms with Crippen LogP contribution < -0.4 is 5.73 Å². The summed E-state index contributed by atoms with van der Waals surface area (Å²) < 4.78 is 33.5. The molecule has 1 saturated heterocycles. The van der Waals surface area contributed by atoms with Crippen molar-refractivity contribution in [2.75, 3.05) is 20.2 Å². The number of fused-ring (bicyclic) bond motifs is 3. The minimum absolute atomic E-state index is 0. The van der Waals surface area contributed by atoms with Gasteiger partial charge in [0.2, 0.25) is 5.91 Å². The summed E-state index contributed by atoms with van der Waals surface area (Å²) in [4.78, 5) is 14.2. The number of nitrogens with zero attached hydrogens (tertiary/aromatic N) is 1. The van der Waals surface area contributed by atoms with Crippen molar-refractivity contribution in [1.82, 2.24) is 4.90 Å². The highest BCUT2D eigenvalue weighted by Gasteiger charge is 2.72. The molecule has 3 aliphatic carbocycles. The number of methoxy groups -OCH3 is 1. The molecule has 5 rings (SSSR count). The van der Waals surface area contributed by atoms with Crippen molar-refractivity contribution in [3.05, 3.63) is 35.4 Å². The first kappa shape index (κ1) is 21.0. The summed E-state index contributed by atoms with van der Waals surface area (Å²) in [6, 6.07) is 7.83. The molecule has 0 aromatic heterocycles. The summed E-state index contributed by atoms with van der Waals surface area (Å²) in [6.07, 6.45) is 4.54. The third-order valence-electron chi connectivity index (χ3n) is 8.10. The van der Waals surface area contributed by atoms with Gasteiger partial charge in [-0.2, -0.15) is 0 Å². The van der Waals surface area contributed by atoms with Crippen LogP contribution in [0.2, 0.25) is 0 Å². The highest BCUT2D eigenvalue weighted by atomic mass is 35.5. The van der Waals surface area contributed by atoms with E-state index in [1.165, 1.54) is 0 Å². The van der Waals surface area contributed by atoms with Gasteiger partial charge in [0.25, 0.3) is 5.92 Å². The smallest absolute Gasteiger partial charge is 0.254 e. The Hall–Kier alpha value is -1.24. The SMILES string of the molecule is COC1(c2cccc(C(N)=O)c2)[C@@H]2CCC[C@H]1CN([C@H]1C[C@@H]3[C@H](C1)C3(F)F)C2.Cl. The van der Waals surface area contributed by atoms with Crippen LogP contribution in [-0.4, -0.2) is 43.0 Å². The van der Waals surface area contributed by atoms with Gasteiger partial charge in [-0.15, -0.1) is 12.4 Å². The number of amides is 1. The highest BCUT2D eigenvalue weighted by molar-refractivity contribution is 5.92. The van der Waals surface area contributed by atoms with Crippen LogP contribution in [0.25, 0.3) is 0 Å². The molecule has 29 heavy (non-hydrogen) atoms. The first-order valence-electron chi connectivity index (χ1n) is 10.4. The Labute approximate surface area is 176 Å². The number of hydrogen-bond acceptors (Lipinski definition) is 3. The Morgan fingerprint density at radius 2 is 1.79 bits per heavy atom. The van der Waals surface area contributed by atoms with Crippen LogP contribution in [0.4, 0.5) is 8.78 Å². The Morgan fingerprint density at radius 3 is 2.34 bits per heavy atom. The molecular weight excluding hydrogens is 398 g/mol. The van der Waals surface area contributed by atoms with Gasteiger partial charge >= 0.3 is 0 Å². The zero-order chi connectivity index (χ0) is 19.7. The summed E-state index contributed by atoms with van der Waals surface area (Å²) in [5.74, 6) is -3.02. The van der Waals surface area contributed by atoms with E-state index in [0.29, 0.717) is 30.2 Å². The Balaban J connectivity index is 0.00000205. The average molecular weight is 427 g/mol. The normalized spacial score (nSPS) is 40.0. The Kier molecular flexibility index (Phi) is 5.20. The molecule has 1 unspecified atom stereocenters. The molecule has 0 radical (unpaired) electrons. The number of alkyl halides is 2. The van der Waals surface area contributed by atoms with Gasteiger partial charge in [-0.05, 0) is 43.4 Å². The number of nitrogens with two attached hydrogens (primary N) is 1. The van der Waals surface area contributed by atoms with E-state index in [1.807, 2.05) is 18.2 Å². The molecule has 2 bridgehead atoms. The van der Waals surface area contributed by atoms with E-state index in [-0.39, 0.29) is 18.4 Å². The lowest BCUT2D eigenvalue weighted by Crippen LogP contribution is -2.60. The molecule has 1 heterocycles. The molecule has 7 heteroatoms. The number of carbonyl (C=O) groups is 1. The largest absolute Gasteiger partial charge is 0.373 e. The van der Waals surface area contributed by atoms with E-state index in [9.17, 15) is 13.6 Å². The van der Waals surface area contributed by atoms with Gasteiger partial charge < -0.3 is 10.5 Å². The average Bonchev–Trinajstić information content (AvgIpc) is 3.01. The third-order valence-corrected chi connectivity index (χ3v) is 8.10. The Bertz CT molecular complexity index is 777. The lowest BCUT2D eigenvalue weighted by atomic mass is 9.62. The monoisotopic (exact) mass is 426 g/mol. The van der Waals surface area contributed by atoms with Crippen molar-refractivity contribution < 1.29 is 18.3 Å². The molecule has 1 aliphatic heterocycles. The quantitative estimate of drug-likeness (QED) is 0.796. The fourth-order valence-corrected chi connectivity index (χ4v) is 6.69. The van der Waals surface area contributed by atoms with Crippen molar-refractivity contribution in [2.45, 2.75) is 49.7 Å². The molecule has 3 saturated carbocycles. The number of hydrogen-bond donors (Lipinski definition) is 1. The minimum atomic E-state index is -2.41. The van der Waals surface area contributed by atoms with Gasteiger partial charge in [0.1, 0.15) is 5.60 Å².